The number of hydrogen-bond acceptors (Lipinski definition) is 6. The second-order valence-electron chi connectivity index (χ2n) is 12.6. The van der Waals surface area contributed by atoms with Crippen LogP contribution in [0, 0.1) is 11.8 Å². The number of alkyl carbamates (subject to hydrolysis) is 1. The molecule has 2 aromatic rings. The zero-order chi connectivity index (χ0) is 31.2. The first-order valence-corrected chi connectivity index (χ1v) is 14.9. The number of carbonyl (C=O) groups excluding carboxylic acids is 3. The highest BCUT2D eigenvalue weighted by Gasteiger charge is 2.38. The summed E-state index contributed by atoms with van der Waals surface area (Å²) in [6.07, 6.45) is -0.449. The van der Waals surface area contributed by atoms with Crippen molar-refractivity contribution in [3.05, 3.63) is 59.7 Å². The number of fused-ring (bicyclic) bond motifs is 3. The number of likely N-dealkylation sites (N-methyl/N-ethyl adjacent to an activating group) is 1. The van der Waals surface area contributed by atoms with Gasteiger partial charge in [0, 0.05) is 20.1 Å². The van der Waals surface area contributed by atoms with Crippen LogP contribution in [0.5, 0.6) is 0 Å². The van der Waals surface area contributed by atoms with Gasteiger partial charge in [0.2, 0.25) is 5.91 Å². The Kier molecular flexibility index (Phi) is 11.2. The molecular formula is C34H48N2O6. The molecule has 0 radical (unpaired) electrons. The zero-order valence-corrected chi connectivity index (χ0v) is 26.6. The van der Waals surface area contributed by atoms with Gasteiger partial charge in [-0.1, -0.05) is 82.6 Å². The van der Waals surface area contributed by atoms with Gasteiger partial charge in [-0.05, 0) is 54.9 Å². The maximum absolute atomic E-state index is 13.9. The van der Waals surface area contributed by atoms with E-state index in [1.54, 1.807) is 11.9 Å². The summed E-state index contributed by atoms with van der Waals surface area (Å²) in [7, 11) is 3.24. The van der Waals surface area contributed by atoms with E-state index >= 15 is 0 Å². The van der Waals surface area contributed by atoms with E-state index in [1.165, 1.54) is 7.11 Å². The van der Waals surface area contributed by atoms with E-state index in [4.69, 9.17) is 14.2 Å². The van der Waals surface area contributed by atoms with E-state index in [0.29, 0.717) is 0 Å². The van der Waals surface area contributed by atoms with Crippen LogP contribution in [-0.4, -0.2) is 67.4 Å². The predicted molar refractivity (Wildman–Crippen MR) is 164 cm³/mol. The molecule has 1 aliphatic rings. The first-order chi connectivity index (χ1) is 19.8. The number of ether oxygens (including phenoxy) is 3. The molecule has 0 fully saturated rings. The average molecular weight is 581 g/mol. The molecule has 8 heteroatoms. The third kappa shape index (κ3) is 7.91. The van der Waals surface area contributed by atoms with Crippen LogP contribution in [0.3, 0.4) is 0 Å². The first kappa shape index (κ1) is 33.1. The minimum atomic E-state index is -0.823. The summed E-state index contributed by atoms with van der Waals surface area (Å²) in [5.41, 5.74) is 3.91. The Morgan fingerprint density at radius 1 is 0.952 bits per heavy atom. The van der Waals surface area contributed by atoms with Crippen molar-refractivity contribution < 1.29 is 28.6 Å². The quantitative estimate of drug-likeness (QED) is 0.302. The van der Waals surface area contributed by atoms with Crippen molar-refractivity contribution in [2.24, 2.45) is 11.8 Å². The van der Waals surface area contributed by atoms with E-state index in [0.717, 1.165) is 28.7 Å². The number of nitrogens with zero attached hydrogens (tertiary/aromatic N) is 1. The van der Waals surface area contributed by atoms with Crippen molar-refractivity contribution in [2.45, 2.75) is 91.0 Å². The molecule has 0 spiro atoms. The normalized spacial score (nSPS) is 15.7. The topological polar surface area (TPSA) is 94.2 Å². The third-order valence-electron chi connectivity index (χ3n) is 8.04. The minimum Gasteiger partial charge on any atom is -0.460 e. The molecule has 0 aromatic heterocycles. The Bertz CT molecular complexity index is 1190. The Hall–Kier alpha value is -3.39. The fourth-order valence-electron chi connectivity index (χ4n) is 5.78. The monoisotopic (exact) mass is 580 g/mol. The molecule has 2 aromatic carbocycles. The van der Waals surface area contributed by atoms with Crippen molar-refractivity contribution in [3.8, 4) is 11.1 Å². The molecule has 0 saturated heterocycles. The number of methoxy groups -OCH3 is 1. The molecule has 0 bridgehead atoms. The van der Waals surface area contributed by atoms with Crippen molar-refractivity contribution >= 4 is 18.0 Å². The number of carbonyl (C=O) groups is 3. The molecule has 1 aliphatic carbocycles. The number of benzene rings is 2. The summed E-state index contributed by atoms with van der Waals surface area (Å²) in [6.45, 7) is 13.4. The number of amides is 2. The molecule has 4 unspecified atom stereocenters. The smallest absolute Gasteiger partial charge is 0.407 e. The number of hydrogen-bond donors (Lipinski definition) is 1. The minimum absolute atomic E-state index is 0.00650. The van der Waals surface area contributed by atoms with Crippen molar-refractivity contribution in [3.63, 3.8) is 0 Å². The van der Waals surface area contributed by atoms with Crippen LogP contribution in [0.15, 0.2) is 48.5 Å². The van der Waals surface area contributed by atoms with Gasteiger partial charge in [0.05, 0.1) is 18.6 Å². The maximum atomic E-state index is 13.9. The van der Waals surface area contributed by atoms with Crippen LogP contribution in [-0.2, 0) is 23.8 Å². The third-order valence-corrected chi connectivity index (χ3v) is 8.04. The van der Waals surface area contributed by atoms with Gasteiger partial charge in [-0.2, -0.15) is 0 Å². The standard InChI is InChI=1S/C34H48N2O6/c1-10-22(4)31(28(40-9)19-29(37)42-34(5,6)7)36(8)32(38)30(21(2)3)35-33(39)41-20-27-25-17-13-11-15-23(25)24-16-12-14-18-26(24)27/h11-18,21-22,27-28,30-31H,10,19-20H2,1-9H3,(H,35,39). The lowest BCUT2D eigenvalue weighted by atomic mass is 9.90. The molecule has 1 N–H and O–H groups in total. The number of nitrogens with one attached hydrogen (secondary N) is 1. The van der Waals surface area contributed by atoms with Crippen molar-refractivity contribution in [1.29, 1.82) is 0 Å². The van der Waals surface area contributed by atoms with Crippen LogP contribution < -0.4 is 5.32 Å². The van der Waals surface area contributed by atoms with Gasteiger partial charge in [0.25, 0.3) is 0 Å². The molecule has 8 nitrogen and oxygen atoms in total. The van der Waals surface area contributed by atoms with Gasteiger partial charge >= 0.3 is 12.1 Å². The van der Waals surface area contributed by atoms with Crippen LogP contribution in [0.1, 0.15) is 78.4 Å². The molecule has 3 rings (SSSR count). The van der Waals surface area contributed by atoms with Gasteiger partial charge in [-0.3, -0.25) is 9.59 Å². The summed E-state index contributed by atoms with van der Waals surface area (Å²) in [6, 6.07) is 15.1. The Morgan fingerprint density at radius 3 is 1.98 bits per heavy atom. The van der Waals surface area contributed by atoms with Crippen LogP contribution in [0.25, 0.3) is 11.1 Å². The molecule has 0 saturated carbocycles. The number of rotatable bonds is 12. The fraction of sp³-hybridized carbons (Fsp3) is 0.559. The van der Waals surface area contributed by atoms with Gasteiger partial charge < -0.3 is 24.4 Å². The highest BCUT2D eigenvalue weighted by molar-refractivity contribution is 5.86. The van der Waals surface area contributed by atoms with Crippen molar-refractivity contribution in [2.75, 3.05) is 20.8 Å². The van der Waals surface area contributed by atoms with Crippen molar-refractivity contribution in [1.82, 2.24) is 10.2 Å². The summed E-state index contributed by atoms with van der Waals surface area (Å²) in [5.74, 6) is -0.918. The molecule has 2 amide bonds. The van der Waals surface area contributed by atoms with E-state index < -0.39 is 29.9 Å². The lowest BCUT2D eigenvalue weighted by Gasteiger charge is -2.39. The molecular weight excluding hydrogens is 532 g/mol. The predicted octanol–water partition coefficient (Wildman–Crippen LogP) is 6.17. The van der Waals surface area contributed by atoms with Crippen LogP contribution in [0.4, 0.5) is 4.79 Å². The van der Waals surface area contributed by atoms with E-state index in [9.17, 15) is 14.4 Å². The maximum Gasteiger partial charge on any atom is 0.407 e. The molecule has 0 aliphatic heterocycles. The average Bonchev–Trinajstić information content (AvgIpc) is 3.26. The van der Waals surface area contributed by atoms with Gasteiger partial charge in [0.1, 0.15) is 18.2 Å². The number of esters is 1. The molecule has 42 heavy (non-hydrogen) atoms. The largest absolute Gasteiger partial charge is 0.460 e. The molecule has 4 atom stereocenters. The van der Waals surface area contributed by atoms with Crippen LogP contribution in [0.2, 0.25) is 0 Å². The lowest BCUT2D eigenvalue weighted by Crippen LogP contribution is -2.57. The van der Waals surface area contributed by atoms with E-state index in [1.807, 2.05) is 72.7 Å². The zero-order valence-electron chi connectivity index (χ0n) is 26.6. The van der Waals surface area contributed by atoms with Crippen LogP contribution >= 0.6 is 0 Å². The first-order valence-electron chi connectivity index (χ1n) is 14.9. The summed E-state index contributed by atoms with van der Waals surface area (Å²) >= 11 is 0. The fourth-order valence-corrected chi connectivity index (χ4v) is 5.78. The second kappa shape index (κ2) is 14.2. The molecule has 0 heterocycles. The SMILES string of the molecule is CCC(C)C(C(CC(=O)OC(C)(C)C)OC)N(C)C(=O)C(NC(=O)OCC1c2ccccc2-c2ccccc21)C(C)C. The Balaban J connectivity index is 1.72. The van der Waals surface area contributed by atoms with Gasteiger partial charge in [-0.15, -0.1) is 0 Å². The van der Waals surface area contributed by atoms with E-state index in [2.05, 4.69) is 29.6 Å². The van der Waals surface area contributed by atoms with E-state index in [-0.39, 0.29) is 42.7 Å². The highest BCUT2D eigenvalue weighted by atomic mass is 16.6. The summed E-state index contributed by atoms with van der Waals surface area (Å²) in [5, 5.41) is 2.82. The lowest BCUT2D eigenvalue weighted by molar-refractivity contribution is -0.160. The molecule has 230 valence electrons. The van der Waals surface area contributed by atoms with Gasteiger partial charge in [0.15, 0.2) is 0 Å². The second-order valence-corrected chi connectivity index (χ2v) is 12.6. The van der Waals surface area contributed by atoms with Gasteiger partial charge in [-0.25, -0.2) is 4.79 Å². The summed E-state index contributed by atoms with van der Waals surface area (Å²) in [4.78, 5) is 41.3. The Labute approximate surface area is 251 Å². The Morgan fingerprint density at radius 2 is 1.50 bits per heavy atom. The summed E-state index contributed by atoms with van der Waals surface area (Å²) < 4.78 is 17.0. The highest BCUT2D eigenvalue weighted by Crippen LogP contribution is 2.44.